The Bertz CT molecular complexity index is 6160. The van der Waals surface area contributed by atoms with E-state index in [1.54, 1.807) is 110 Å². The fourth-order valence-corrected chi connectivity index (χ4v) is 14.9. The Labute approximate surface area is 606 Å². The van der Waals surface area contributed by atoms with E-state index in [2.05, 4.69) is 88.3 Å². The van der Waals surface area contributed by atoms with Gasteiger partial charge in [0, 0.05) is 89.3 Å². The number of fused-ring (bicyclic) bond motifs is 6. The Kier molecular flexibility index (Phi) is 19.4. The van der Waals surface area contributed by atoms with Crippen LogP contribution in [0.1, 0.15) is 89.1 Å². The van der Waals surface area contributed by atoms with Crippen LogP contribution in [0.3, 0.4) is 0 Å². The highest BCUT2D eigenvalue weighted by molar-refractivity contribution is 7.17. The molecule has 0 amide bonds. The molecule has 13 heterocycles. The van der Waals surface area contributed by atoms with Crippen LogP contribution in [0.25, 0.3) is 108 Å². The van der Waals surface area contributed by atoms with Crippen molar-refractivity contribution >= 4 is 120 Å². The number of nitrogen functional groups attached to an aromatic ring is 1. The average molecular weight is 1430 g/mol. The van der Waals surface area contributed by atoms with Gasteiger partial charge in [0.2, 0.25) is 0 Å². The van der Waals surface area contributed by atoms with E-state index in [0.29, 0.717) is 50.8 Å². The van der Waals surface area contributed by atoms with Crippen molar-refractivity contribution in [1.29, 1.82) is 0 Å². The van der Waals surface area contributed by atoms with Crippen LogP contribution in [-0.2, 0) is 0 Å². The summed E-state index contributed by atoms with van der Waals surface area (Å²) in [6.07, 6.45) is 16.9. The first-order valence-electron chi connectivity index (χ1n) is 32.9. The van der Waals surface area contributed by atoms with Crippen LogP contribution in [0.2, 0.25) is 0 Å². The van der Waals surface area contributed by atoms with Crippen LogP contribution in [0.5, 0.6) is 0 Å². The number of hydrogen-bond acceptors (Lipinski definition) is 23. The van der Waals surface area contributed by atoms with Crippen molar-refractivity contribution in [3.05, 3.63) is 272 Å². The zero-order chi connectivity index (χ0) is 70.8. The summed E-state index contributed by atoms with van der Waals surface area (Å²) in [5, 5.41) is 26.7. The molecule has 0 bridgehead atoms. The molecule has 0 aliphatic heterocycles. The molecule has 3 atom stereocenters. The lowest BCUT2D eigenvalue weighted by Gasteiger charge is -2.24. The Morgan fingerprint density at radius 3 is 1.44 bits per heavy atom. The van der Waals surface area contributed by atoms with Crippen LogP contribution in [0.4, 0.5) is 23.1 Å². The summed E-state index contributed by atoms with van der Waals surface area (Å²) in [6, 6.07) is 43.8. The summed E-state index contributed by atoms with van der Waals surface area (Å²) in [6.45, 7) is 11.9. The number of nitrogens with zero attached hydrogens (tertiary/aromatic N) is 15. The van der Waals surface area contributed by atoms with E-state index in [0.717, 1.165) is 103 Å². The van der Waals surface area contributed by atoms with Gasteiger partial charge in [0.1, 0.15) is 28.6 Å². The molecule has 0 radical (unpaired) electrons. The van der Waals surface area contributed by atoms with Crippen molar-refractivity contribution in [2.75, 3.05) is 21.7 Å². The maximum atomic E-state index is 14.2. The molecule has 13 aromatic heterocycles. The van der Waals surface area contributed by atoms with E-state index in [-0.39, 0.29) is 48.3 Å². The van der Waals surface area contributed by atoms with Crippen LogP contribution in [-0.4, -0.2) is 73.9 Å². The number of nitrogens with two attached hydrogens (primary N) is 1. The van der Waals surface area contributed by atoms with Crippen molar-refractivity contribution < 1.29 is 4.52 Å². The average Bonchev–Trinajstić information content (AvgIpc) is 0.940. The Morgan fingerprint density at radius 2 is 0.942 bits per heavy atom. The molecule has 104 heavy (non-hydrogen) atoms. The van der Waals surface area contributed by atoms with Crippen molar-refractivity contribution in [2.45, 2.75) is 73.1 Å². The van der Waals surface area contributed by atoms with Gasteiger partial charge in [-0.05, 0) is 135 Å². The van der Waals surface area contributed by atoms with Gasteiger partial charge in [-0.15, -0.1) is 34.0 Å². The number of aryl methyl sites for hydroxylation is 1. The minimum atomic E-state index is -0.296. The predicted octanol–water partition coefficient (Wildman–Crippen LogP) is 16.6. The summed E-state index contributed by atoms with van der Waals surface area (Å²) in [4.78, 5) is 81.7. The van der Waals surface area contributed by atoms with Gasteiger partial charge >= 0.3 is 0 Å². The number of nitrogens with one attached hydrogen (secondary N) is 3. The molecule has 17 aromatic rings. The molecular formula is C78H67N19O4S3. The lowest BCUT2D eigenvalue weighted by atomic mass is 9.98. The fourth-order valence-electron chi connectivity index (χ4n) is 12.9. The smallest absolute Gasteiger partial charge is 0.265 e. The number of anilines is 4. The third-order valence-corrected chi connectivity index (χ3v) is 20.0. The maximum Gasteiger partial charge on any atom is 0.265 e. The van der Waals surface area contributed by atoms with E-state index in [4.69, 9.17) is 10.3 Å². The summed E-state index contributed by atoms with van der Waals surface area (Å²) >= 11 is 4.70. The molecule has 4 aromatic carbocycles. The fraction of sp³-hybridized carbons (Fsp3) is 0.141. The number of thiazole rings is 3. The maximum absolute atomic E-state index is 14.2. The number of rotatable bonds is 15. The van der Waals surface area contributed by atoms with E-state index in [1.807, 2.05) is 178 Å². The quantitative estimate of drug-likeness (QED) is 0.0741. The summed E-state index contributed by atoms with van der Waals surface area (Å²) in [5.74, 6) is 3.13. The van der Waals surface area contributed by atoms with Crippen molar-refractivity contribution in [3.8, 4) is 44.9 Å². The molecule has 0 aliphatic rings. The van der Waals surface area contributed by atoms with Crippen molar-refractivity contribution in [2.24, 2.45) is 0 Å². The topological polar surface area (TPSA) is 296 Å². The predicted molar refractivity (Wildman–Crippen MR) is 417 cm³/mol. The monoisotopic (exact) mass is 1430 g/mol. The lowest BCUT2D eigenvalue weighted by molar-refractivity contribution is 0.415. The van der Waals surface area contributed by atoms with E-state index >= 15 is 0 Å². The van der Waals surface area contributed by atoms with Gasteiger partial charge in [0.25, 0.3) is 16.7 Å². The van der Waals surface area contributed by atoms with Gasteiger partial charge in [0.05, 0.1) is 88.7 Å². The molecule has 5 N–H and O–H groups in total. The molecule has 23 nitrogen and oxygen atoms in total. The summed E-state index contributed by atoms with van der Waals surface area (Å²) in [7, 11) is 0. The van der Waals surface area contributed by atoms with Gasteiger partial charge in [-0.2, -0.15) is 10.2 Å². The van der Waals surface area contributed by atoms with Crippen molar-refractivity contribution in [1.82, 2.24) is 73.9 Å². The largest absolute Gasteiger partial charge is 0.397 e. The first-order valence-corrected chi connectivity index (χ1v) is 35.5. The third-order valence-electron chi connectivity index (χ3n) is 17.6. The second-order valence-electron chi connectivity index (χ2n) is 24.6. The third kappa shape index (κ3) is 13.4. The van der Waals surface area contributed by atoms with Gasteiger partial charge in [0.15, 0.2) is 23.3 Å². The number of para-hydroxylation sites is 1. The van der Waals surface area contributed by atoms with Gasteiger partial charge < -0.3 is 30.8 Å². The Morgan fingerprint density at radius 1 is 0.452 bits per heavy atom. The first kappa shape index (κ1) is 68.5. The Hall–Kier alpha value is -12.7. The summed E-state index contributed by atoms with van der Waals surface area (Å²) < 4.78 is 13.5. The zero-order valence-electron chi connectivity index (χ0n) is 56.2. The molecule has 0 saturated heterocycles. The highest BCUT2D eigenvalue weighted by atomic mass is 32.1. The molecule has 0 spiro atoms. The van der Waals surface area contributed by atoms with Crippen LogP contribution in [0.15, 0.2) is 237 Å². The van der Waals surface area contributed by atoms with Crippen LogP contribution in [0, 0.1) is 6.92 Å². The van der Waals surface area contributed by atoms with E-state index in [1.165, 1.54) is 6.26 Å². The Balaban J connectivity index is 0.000000131. The van der Waals surface area contributed by atoms with Crippen molar-refractivity contribution in [3.63, 3.8) is 0 Å². The number of hydrogen-bond donors (Lipinski definition) is 4. The molecule has 0 saturated carbocycles. The van der Waals surface area contributed by atoms with Crippen LogP contribution < -0.4 is 38.4 Å². The highest BCUT2D eigenvalue weighted by Gasteiger charge is 2.25. The highest BCUT2D eigenvalue weighted by Crippen LogP contribution is 2.36. The van der Waals surface area contributed by atoms with Crippen LogP contribution >= 0.6 is 34.0 Å². The van der Waals surface area contributed by atoms with E-state index in [9.17, 15) is 14.4 Å². The SMILES string of the molecule is C.CC(C)n1c([C@H](C)Nc2nccc3scnc23)cc2cccc(-c3ccnnc3)c2c1=O.C[C@H](Nc1nccc2scnc12)c1cc2cccc(-c3cncc(N)c3)c2c(=O)n1-c1ccccc1.Cc1ncc(-c2cccc3cc([C@H](C)Nc4nccc5scnc45)n(-c4ccon4)c(=O)c23)cn1. The lowest BCUT2D eigenvalue weighted by Crippen LogP contribution is -2.28. The van der Waals surface area contributed by atoms with Gasteiger partial charge in [-0.25, -0.2) is 39.9 Å². The summed E-state index contributed by atoms with van der Waals surface area (Å²) in [5.41, 5.74) is 22.1. The molecule has 0 aliphatic carbocycles. The second-order valence-corrected chi connectivity index (χ2v) is 27.3. The molecule has 0 fully saturated rings. The zero-order valence-corrected chi connectivity index (χ0v) is 58.7. The minimum absolute atomic E-state index is 0. The number of pyridine rings is 7. The molecule has 26 heteroatoms. The number of benzene rings is 4. The van der Waals surface area contributed by atoms with E-state index < -0.39 is 0 Å². The first-order chi connectivity index (χ1) is 50.2. The number of aromatic nitrogens is 15. The molecule has 0 unspecified atom stereocenters. The standard InChI is InChI=1S/C28H22N6OS.C25H19N7O2S.C24H22N6OS.CH4/c1-17(33-27-26-24(10-11-31-27)36-16-32-26)23-13-18-6-5-9-22(19-12-20(29)15-30-14-19)25(18)28(35)34(23)21-7-3-2-4-8-21;1-14(30-24-23-20(6-8-26-24)35-13-29-23)19-10-16-4-3-5-18(17-11-27-15(2)28-12-17)22(16)25(33)32(19)21-7-9-34-31-21;1-14(2)30-19(15(3)29-23-22-20(8-9-25-23)32-13-26-22)11-16-5-4-6-18(21(16)24(30)31)17-7-10-27-28-12-17;/h2-17H,29H2,1H3,(H,31,33);3-14H,1-2H3,(H,26,30);4-15H,1-3H3,(H,25,29);1H4/t17-;14-;15-;/m000./s1. The second kappa shape index (κ2) is 29.5. The van der Waals surface area contributed by atoms with Gasteiger partial charge in [-0.1, -0.05) is 85.4 Å². The molecule has 17 rings (SSSR count). The molecular weight excluding hydrogens is 1360 g/mol. The molecule has 516 valence electrons. The van der Waals surface area contributed by atoms with Gasteiger partial charge in [-0.3, -0.25) is 28.5 Å². The normalized spacial score (nSPS) is 12.2. The minimum Gasteiger partial charge on any atom is -0.397 e.